The minimum Gasteiger partial charge on any atom is -0.382 e. The van der Waals surface area contributed by atoms with E-state index < -0.39 is 11.2 Å². The minimum atomic E-state index is -1.49. The fourth-order valence-corrected chi connectivity index (χ4v) is 1.72. The summed E-state index contributed by atoms with van der Waals surface area (Å²) in [7, 11) is 0. The first-order valence-electron chi connectivity index (χ1n) is 3.62. The Morgan fingerprint density at radius 2 is 2.38 bits per heavy atom. The number of nitrogens with one attached hydrogen (secondary N) is 1. The molecule has 0 saturated heterocycles. The maximum Gasteiger partial charge on any atom is 0.244 e. The Morgan fingerprint density at radius 1 is 1.77 bits per heavy atom. The van der Waals surface area contributed by atoms with Crippen LogP contribution >= 0.6 is 0 Å². The van der Waals surface area contributed by atoms with E-state index in [9.17, 15) is 4.21 Å². The van der Waals surface area contributed by atoms with Crippen molar-refractivity contribution in [2.24, 2.45) is 10.1 Å². The SMILES string of the molecule is C=CC1=C(C(=C)C)C(N)=NS(=O)N1. The zero-order valence-corrected chi connectivity index (χ0v) is 8.15. The Labute approximate surface area is 79.6 Å². The molecule has 3 N–H and O–H groups in total. The second kappa shape index (κ2) is 3.57. The summed E-state index contributed by atoms with van der Waals surface area (Å²) in [6, 6.07) is 0. The van der Waals surface area contributed by atoms with E-state index >= 15 is 0 Å². The van der Waals surface area contributed by atoms with Crippen molar-refractivity contribution >= 4 is 17.0 Å². The van der Waals surface area contributed by atoms with Gasteiger partial charge in [0, 0.05) is 5.57 Å². The van der Waals surface area contributed by atoms with Gasteiger partial charge in [0.2, 0.25) is 11.2 Å². The summed E-state index contributed by atoms with van der Waals surface area (Å²) in [6.07, 6.45) is 1.55. The fourth-order valence-electron chi connectivity index (χ4n) is 1.03. The van der Waals surface area contributed by atoms with Gasteiger partial charge in [0.25, 0.3) is 0 Å². The van der Waals surface area contributed by atoms with Crippen molar-refractivity contribution in [1.29, 1.82) is 0 Å². The monoisotopic (exact) mass is 197 g/mol. The lowest BCUT2D eigenvalue weighted by atomic mass is 10.1. The van der Waals surface area contributed by atoms with Gasteiger partial charge in [-0.05, 0) is 18.6 Å². The summed E-state index contributed by atoms with van der Waals surface area (Å²) in [6.45, 7) is 9.13. The Morgan fingerprint density at radius 3 is 2.85 bits per heavy atom. The molecule has 0 aromatic heterocycles. The maximum absolute atomic E-state index is 11.0. The number of hydrogen-bond donors (Lipinski definition) is 2. The van der Waals surface area contributed by atoms with E-state index in [0.717, 1.165) is 5.57 Å². The third-order valence-corrected chi connectivity index (χ3v) is 2.29. The van der Waals surface area contributed by atoms with E-state index in [4.69, 9.17) is 5.73 Å². The average molecular weight is 197 g/mol. The molecule has 1 aliphatic heterocycles. The van der Waals surface area contributed by atoms with Gasteiger partial charge in [0.05, 0.1) is 5.70 Å². The number of allylic oxidation sites excluding steroid dienone is 1. The molecule has 0 bridgehead atoms. The molecule has 0 amide bonds. The van der Waals surface area contributed by atoms with Crippen LogP contribution in [0.2, 0.25) is 0 Å². The van der Waals surface area contributed by atoms with Gasteiger partial charge in [-0.1, -0.05) is 13.2 Å². The van der Waals surface area contributed by atoms with Gasteiger partial charge < -0.3 is 5.73 Å². The van der Waals surface area contributed by atoms with Crippen LogP contribution in [0, 0.1) is 0 Å². The molecular formula is C8H11N3OS. The van der Waals surface area contributed by atoms with E-state index in [-0.39, 0.29) is 5.84 Å². The van der Waals surface area contributed by atoms with Crippen LogP contribution in [0.15, 0.2) is 40.5 Å². The average Bonchev–Trinajstić information content (AvgIpc) is 2.01. The first kappa shape index (κ1) is 9.73. The molecular weight excluding hydrogens is 186 g/mol. The van der Waals surface area contributed by atoms with Gasteiger partial charge >= 0.3 is 0 Å². The van der Waals surface area contributed by atoms with Crippen molar-refractivity contribution in [1.82, 2.24) is 4.72 Å². The van der Waals surface area contributed by atoms with Gasteiger partial charge in [0.15, 0.2) is 0 Å². The fraction of sp³-hybridized carbons (Fsp3) is 0.125. The maximum atomic E-state index is 11.0. The number of rotatable bonds is 2. The van der Waals surface area contributed by atoms with Crippen LogP contribution < -0.4 is 10.5 Å². The summed E-state index contributed by atoms with van der Waals surface area (Å²) >= 11 is -1.49. The normalized spacial score (nSPS) is 21.9. The van der Waals surface area contributed by atoms with Crippen LogP contribution in [0.4, 0.5) is 0 Å². The molecule has 0 fully saturated rings. The lowest BCUT2D eigenvalue weighted by Crippen LogP contribution is -2.29. The molecule has 0 spiro atoms. The van der Waals surface area contributed by atoms with E-state index in [1.807, 2.05) is 0 Å². The van der Waals surface area contributed by atoms with Crippen LogP contribution in [0.5, 0.6) is 0 Å². The van der Waals surface area contributed by atoms with Gasteiger partial charge in [-0.15, -0.1) is 0 Å². The number of amidine groups is 1. The highest BCUT2D eigenvalue weighted by Crippen LogP contribution is 2.16. The lowest BCUT2D eigenvalue weighted by molar-refractivity contribution is 0.679. The van der Waals surface area contributed by atoms with Gasteiger partial charge in [0.1, 0.15) is 5.84 Å². The molecule has 70 valence electrons. The molecule has 0 aliphatic carbocycles. The molecule has 0 radical (unpaired) electrons. The summed E-state index contributed by atoms with van der Waals surface area (Å²) in [5.41, 5.74) is 7.64. The van der Waals surface area contributed by atoms with Crippen LogP contribution in [0.25, 0.3) is 0 Å². The lowest BCUT2D eigenvalue weighted by Gasteiger charge is -2.16. The number of nitrogens with zero attached hydrogens (tertiary/aromatic N) is 1. The van der Waals surface area contributed by atoms with Crippen molar-refractivity contribution in [3.8, 4) is 0 Å². The zero-order chi connectivity index (χ0) is 10.0. The van der Waals surface area contributed by atoms with Crippen LogP contribution in [0.3, 0.4) is 0 Å². The molecule has 1 heterocycles. The molecule has 1 aliphatic rings. The van der Waals surface area contributed by atoms with E-state index in [1.165, 1.54) is 0 Å². The van der Waals surface area contributed by atoms with Gasteiger partial charge in [-0.25, -0.2) is 4.21 Å². The summed E-state index contributed by atoms with van der Waals surface area (Å²) < 4.78 is 17.3. The Hall–Kier alpha value is -1.36. The quantitative estimate of drug-likeness (QED) is 0.678. The van der Waals surface area contributed by atoms with Crippen molar-refractivity contribution < 1.29 is 4.21 Å². The van der Waals surface area contributed by atoms with Crippen molar-refractivity contribution in [2.75, 3.05) is 0 Å². The Balaban J connectivity index is 3.24. The van der Waals surface area contributed by atoms with E-state index in [1.54, 1.807) is 13.0 Å². The van der Waals surface area contributed by atoms with Gasteiger partial charge in [-0.3, -0.25) is 4.72 Å². The largest absolute Gasteiger partial charge is 0.382 e. The predicted molar refractivity (Wildman–Crippen MR) is 54.9 cm³/mol. The summed E-state index contributed by atoms with van der Waals surface area (Å²) in [5, 5.41) is 0. The molecule has 13 heavy (non-hydrogen) atoms. The number of hydrogen-bond acceptors (Lipinski definition) is 2. The zero-order valence-electron chi connectivity index (χ0n) is 7.33. The molecule has 0 aromatic rings. The van der Waals surface area contributed by atoms with Crippen molar-refractivity contribution in [3.63, 3.8) is 0 Å². The summed E-state index contributed by atoms with van der Waals surface area (Å²) in [5.74, 6) is 0.236. The molecule has 4 nitrogen and oxygen atoms in total. The molecule has 1 atom stereocenters. The third-order valence-electron chi connectivity index (χ3n) is 1.53. The topological polar surface area (TPSA) is 67.5 Å². The molecule has 1 unspecified atom stereocenters. The summed E-state index contributed by atoms with van der Waals surface area (Å²) in [4.78, 5) is 0. The van der Waals surface area contributed by atoms with Gasteiger partial charge in [-0.2, -0.15) is 4.40 Å². The first-order chi connectivity index (χ1) is 6.06. The molecule has 0 aromatic carbocycles. The highest BCUT2D eigenvalue weighted by Gasteiger charge is 2.17. The highest BCUT2D eigenvalue weighted by atomic mass is 32.2. The number of nitrogens with two attached hydrogens (primary N) is 1. The van der Waals surface area contributed by atoms with Crippen LogP contribution in [0.1, 0.15) is 6.92 Å². The van der Waals surface area contributed by atoms with Crippen molar-refractivity contribution in [2.45, 2.75) is 6.92 Å². The Kier molecular flexibility index (Phi) is 2.67. The molecule has 5 heteroatoms. The first-order valence-corrected chi connectivity index (χ1v) is 4.72. The smallest absolute Gasteiger partial charge is 0.244 e. The standard InChI is InChI=1S/C8H11N3OS/c1-4-6-7(5(2)3)8(9)11-13(12)10-6/h4,10H,1-2H2,3H3,(H2,9,11). The Bertz CT molecular complexity index is 354. The molecule has 0 saturated carbocycles. The second-order valence-corrected chi connectivity index (χ2v) is 3.49. The minimum absolute atomic E-state index is 0.236. The van der Waals surface area contributed by atoms with E-state index in [0.29, 0.717) is 11.3 Å². The second-order valence-electron chi connectivity index (χ2n) is 2.60. The van der Waals surface area contributed by atoms with Crippen LogP contribution in [-0.2, 0) is 11.2 Å². The third kappa shape index (κ3) is 1.86. The predicted octanol–water partition coefficient (Wildman–Crippen LogP) is 0.542. The van der Waals surface area contributed by atoms with Crippen molar-refractivity contribution in [3.05, 3.63) is 36.1 Å². The highest BCUT2D eigenvalue weighted by molar-refractivity contribution is 7.82. The van der Waals surface area contributed by atoms with Crippen LogP contribution in [-0.4, -0.2) is 10.0 Å². The van der Waals surface area contributed by atoms with E-state index in [2.05, 4.69) is 22.3 Å². The molecule has 1 rings (SSSR count).